The second kappa shape index (κ2) is 13.3. The van der Waals surface area contributed by atoms with Crippen LogP contribution in [0.2, 0.25) is 0 Å². The fraction of sp³-hybridized carbons (Fsp3) is 0.760. The van der Waals surface area contributed by atoms with Crippen molar-refractivity contribution in [3.05, 3.63) is 18.2 Å². The van der Waals surface area contributed by atoms with Gasteiger partial charge in [-0.05, 0) is 57.3 Å². The van der Waals surface area contributed by atoms with Gasteiger partial charge in [0.1, 0.15) is 0 Å². The standard InChI is InChI=1S/C25H39N3O6/c1-18-9-11-22(12-10-18)28-15-21(27-16-28)14-20(23(29)30)8-5-13-26-25(32)34-17-33-24(31)19-6-3-2-4-7-19/h15-16,18-20,22H,2-14,17H2,1H3,(H,26,32)(H,29,30)/t18-,20-,22-/m0/s1. The Kier molecular flexibility index (Phi) is 10.2. The molecule has 1 heterocycles. The number of carbonyl (C=O) groups excluding carboxylic acids is 2. The summed E-state index contributed by atoms with van der Waals surface area (Å²) in [4.78, 5) is 39.9. The molecule has 0 saturated heterocycles. The summed E-state index contributed by atoms with van der Waals surface area (Å²) in [6, 6.07) is 0.456. The van der Waals surface area contributed by atoms with Crippen molar-refractivity contribution in [1.29, 1.82) is 0 Å². The van der Waals surface area contributed by atoms with Gasteiger partial charge < -0.3 is 24.5 Å². The van der Waals surface area contributed by atoms with Crippen molar-refractivity contribution in [1.82, 2.24) is 14.9 Å². The molecule has 0 aliphatic heterocycles. The number of aliphatic carboxylic acids is 1. The Balaban J connectivity index is 1.31. The van der Waals surface area contributed by atoms with Gasteiger partial charge in [0.15, 0.2) is 0 Å². The van der Waals surface area contributed by atoms with Crippen LogP contribution in [0.1, 0.15) is 89.3 Å². The molecule has 190 valence electrons. The Morgan fingerprint density at radius 1 is 1.12 bits per heavy atom. The molecule has 2 fully saturated rings. The van der Waals surface area contributed by atoms with Crippen LogP contribution in [-0.4, -0.2) is 46.0 Å². The van der Waals surface area contributed by atoms with E-state index < -0.39 is 24.8 Å². The summed E-state index contributed by atoms with van der Waals surface area (Å²) in [6.45, 7) is 2.17. The molecule has 34 heavy (non-hydrogen) atoms. The first-order valence-electron chi connectivity index (χ1n) is 12.7. The van der Waals surface area contributed by atoms with Crippen LogP contribution in [0, 0.1) is 17.8 Å². The maximum absolute atomic E-state index is 11.9. The van der Waals surface area contributed by atoms with Gasteiger partial charge in [0, 0.05) is 25.2 Å². The van der Waals surface area contributed by atoms with Crippen LogP contribution in [0.5, 0.6) is 0 Å². The molecule has 0 spiro atoms. The molecule has 9 heteroatoms. The number of imidazole rings is 1. The van der Waals surface area contributed by atoms with Gasteiger partial charge in [-0.3, -0.25) is 9.59 Å². The first-order valence-corrected chi connectivity index (χ1v) is 12.7. The lowest BCUT2D eigenvalue weighted by Gasteiger charge is -2.26. The maximum Gasteiger partial charge on any atom is 0.410 e. The number of amides is 1. The summed E-state index contributed by atoms with van der Waals surface area (Å²) in [5.41, 5.74) is 0.790. The van der Waals surface area contributed by atoms with E-state index in [0.29, 0.717) is 25.3 Å². The number of nitrogens with zero attached hydrogens (tertiary/aromatic N) is 2. The average molecular weight is 478 g/mol. The second-order valence-corrected chi connectivity index (χ2v) is 9.88. The number of carboxylic acid groups (broad SMARTS) is 1. The van der Waals surface area contributed by atoms with E-state index in [1.807, 2.05) is 12.5 Å². The summed E-state index contributed by atoms with van der Waals surface area (Å²) in [5.74, 6) is -1.05. The molecule has 1 amide bonds. The van der Waals surface area contributed by atoms with Crippen molar-refractivity contribution in [3.8, 4) is 0 Å². The highest BCUT2D eigenvalue weighted by atomic mass is 16.7. The van der Waals surface area contributed by atoms with Crippen LogP contribution < -0.4 is 5.32 Å². The van der Waals surface area contributed by atoms with Crippen molar-refractivity contribution in [2.75, 3.05) is 13.3 Å². The van der Waals surface area contributed by atoms with E-state index in [-0.39, 0.29) is 18.4 Å². The van der Waals surface area contributed by atoms with Crippen molar-refractivity contribution in [2.24, 2.45) is 17.8 Å². The molecule has 1 aromatic rings. The Hall–Kier alpha value is -2.58. The zero-order valence-electron chi connectivity index (χ0n) is 20.2. The molecule has 2 aliphatic carbocycles. The lowest BCUT2D eigenvalue weighted by molar-refractivity contribution is -0.158. The fourth-order valence-electron chi connectivity index (χ4n) is 4.98. The highest BCUT2D eigenvalue weighted by Gasteiger charge is 2.24. The van der Waals surface area contributed by atoms with Crippen molar-refractivity contribution < 1.29 is 29.0 Å². The average Bonchev–Trinajstić information content (AvgIpc) is 3.30. The number of aromatic nitrogens is 2. The van der Waals surface area contributed by atoms with Gasteiger partial charge in [-0.15, -0.1) is 0 Å². The van der Waals surface area contributed by atoms with Gasteiger partial charge >= 0.3 is 18.0 Å². The van der Waals surface area contributed by atoms with E-state index in [0.717, 1.165) is 56.6 Å². The summed E-state index contributed by atoms with van der Waals surface area (Å²) in [6.07, 6.45) is 14.0. The van der Waals surface area contributed by atoms with Crippen LogP contribution in [0.15, 0.2) is 12.5 Å². The van der Waals surface area contributed by atoms with Gasteiger partial charge in [0.25, 0.3) is 0 Å². The minimum atomic E-state index is -0.863. The number of nitrogens with one attached hydrogen (secondary N) is 1. The number of alkyl carbamates (subject to hydrolysis) is 1. The second-order valence-electron chi connectivity index (χ2n) is 9.88. The first-order chi connectivity index (χ1) is 16.4. The van der Waals surface area contributed by atoms with E-state index >= 15 is 0 Å². The van der Waals surface area contributed by atoms with Gasteiger partial charge in [0.05, 0.1) is 23.9 Å². The Morgan fingerprint density at radius 2 is 1.85 bits per heavy atom. The van der Waals surface area contributed by atoms with E-state index in [1.54, 1.807) is 0 Å². The van der Waals surface area contributed by atoms with Crippen LogP contribution in [-0.2, 0) is 25.5 Å². The molecule has 3 rings (SSSR count). The van der Waals surface area contributed by atoms with Crippen molar-refractivity contribution >= 4 is 18.0 Å². The monoisotopic (exact) mass is 477 g/mol. The molecular formula is C25H39N3O6. The van der Waals surface area contributed by atoms with Gasteiger partial charge in [0.2, 0.25) is 6.79 Å². The molecule has 1 atom stereocenters. The molecule has 0 unspecified atom stereocenters. The summed E-state index contributed by atoms with van der Waals surface area (Å²) in [5, 5.41) is 12.2. The Morgan fingerprint density at radius 3 is 2.56 bits per heavy atom. The lowest BCUT2D eigenvalue weighted by Crippen LogP contribution is -2.29. The van der Waals surface area contributed by atoms with E-state index in [2.05, 4.69) is 21.8 Å². The summed E-state index contributed by atoms with van der Waals surface area (Å²) >= 11 is 0. The van der Waals surface area contributed by atoms with Gasteiger partial charge in [-0.2, -0.15) is 0 Å². The minimum absolute atomic E-state index is 0.0916. The van der Waals surface area contributed by atoms with Crippen LogP contribution in [0.3, 0.4) is 0 Å². The summed E-state index contributed by atoms with van der Waals surface area (Å²) in [7, 11) is 0. The molecule has 1 aromatic heterocycles. The highest BCUT2D eigenvalue weighted by molar-refractivity contribution is 5.73. The molecule has 2 N–H and O–H groups in total. The van der Waals surface area contributed by atoms with Crippen molar-refractivity contribution in [3.63, 3.8) is 0 Å². The summed E-state index contributed by atoms with van der Waals surface area (Å²) < 4.78 is 12.1. The maximum atomic E-state index is 11.9. The zero-order chi connectivity index (χ0) is 24.3. The number of ether oxygens (including phenoxy) is 2. The number of hydrogen-bond acceptors (Lipinski definition) is 6. The third-order valence-electron chi connectivity index (χ3n) is 7.20. The molecule has 0 aromatic carbocycles. The third-order valence-corrected chi connectivity index (χ3v) is 7.20. The predicted molar refractivity (Wildman–Crippen MR) is 125 cm³/mol. The number of hydrogen-bond donors (Lipinski definition) is 2. The smallest absolute Gasteiger partial charge is 0.410 e. The SMILES string of the molecule is C[C@H]1CC[C@H](n2cnc(C[C@H](CCCNC(=O)OCOC(=O)C3CCCCC3)C(=O)O)c2)CC1. The highest BCUT2D eigenvalue weighted by Crippen LogP contribution is 2.32. The van der Waals surface area contributed by atoms with Crippen LogP contribution in [0.25, 0.3) is 0 Å². The Bertz CT molecular complexity index is 796. The van der Waals surface area contributed by atoms with Crippen LogP contribution in [0.4, 0.5) is 4.79 Å². The molecule has 9 nitrogen and oxygen atoms in total. The lowest BCUT2D eigenvalue weighted by atomic mass is 9.87. The third kappa shape index (κ3) is 8.33. The number of rotatable bonds is 11. The first kappa shape index (κ1) is 26.0. The normalized spacial score (nSPS) is 22.0. The quantitative estimate of drug-likeness (QED) is 0.274. The fourth-order valence-corrected chi connectivity index (χ4v) is 4.98. The van der Waals surface area contributed by atoms with E-state index in [1.165, 1.54) is 12.8 Å². The van der Waals surface area contributed by atoms with Crippen LogP contribution >= 0.6 is 0 Å². The minimum Gasteiger partial charge on any atom is -0.481 e. The van der Waals surface area contributed by atoms with E-state index in [9.17, 15) is 19.5 Å². The molecule has 2 aliphatic rings. The largest absolute Gasteiger partial charge is 0.481 e. The zero-order valence-corrected chi connectivity index (χ0v) is 20.2. The van der Waals surface area contributed by atoms with Gasteiger partial charge in [-0.1, -0.05) is 26.2 Å². The van der Waals surface area contributed by atoms with Crippen molar-refractivity contribution in [2.45, 2.75) is 90.0 Å². The topological polar surface area (TPSA) is 120 Å². The predicted octanol–water partition coefficient (Wildman–Crippen LogP) is 4.47. The molecule has 2 saturated carbocycles. The van der Waals surface area contributed by atoms with E-state index in [4.69, 9.17) is 9.47 Å². The number of carboxylic acids is 1. The molecule has 0 radical (unpaired) electrons. The number of esters is 1. The molecule has 0 bridgehead atoms. The number of carbonyl (C=O) groups is 3. The molecular weight excluding hydrogens is 438 g/mol. The Labute approximate surface area is 201 Å². The van der Waals surface area contributed by atoms with Gasteiger partial charge in [-0.25, -0.2) is 9.78 Å².